The zero-order valence-corrected chi connectivity index (χ0v) is 18.3. The van der Waals surface area contributed by atoms with Gasteiger partial charge in [-0.2, -0.15) is 0 Å². The van der Waals surface area contributed by atoms with Crippen molar-refractivity contribution in [2.45, 2.75) is 13.8 Å². The normalized spacial score (nSPS) is 10.7. The summed E-state index contributed by atoms with van der Waals surface area (Å²) in [5.41, 5.74) is 5.04. The molecule has 6 nitrogen and oxygen atoms in total. The molecule has 158 valence electrons. The minimum absolute atomic E-state index is 0.531. The van der Waals surface area contributed by atoms with E-state index in [1.165, 1.54) is 11.1 Å². The van der Waals surface area contributed by atoms with Gasteiger partial charge in [-0.15, -0.1) is 0 Å². The molecule has 1 aromatic heterocycles. The van der Waals surface area contributed by atoms with Crippen LogP contribution in [0, 0.1) is 13.8 Å². The van der Waals surface area contributed by atoms with E-state index in [2.05, 4.69) is 37.4 Å². The molecule has 4 aromatic rings. The first-order valence-electron chi connectivity index (χ1n) is 9.95. The molecule has 31 heavy (non-hydrogen) atoms. The second-order valence-corrected chi connectivity index (χ2v) is 7.25. The lowest BCUT2D eigenvalue weighted by atomic mass is 10.1. The van der Waals surface area contributed by atoms with E-state index in [0.29, 0.717) is 23.1 Å². The molecule has 0 spiro atoms. The SMILES string of the molecule is COc1cc(-c2nc(Nc3ccc(C)c(C)c3)c3ccccc3n2)cc(OC)c1OC. The number of ether oxygens (including phenoxy) is 3. The van der Waals surface area contributed by atoms with Crippen LogP contribution in [0.2, 0.25) is 0 Å². The number of nitrogens with zero attached hydrogens (tertiary/aromatic N) is 2. The first-order valence-corrected chi connectivity index (χ1v) is 9.95. The minimum Gasteiger partial charge on any atom is -0.493 e. The number of benzene rings is 3. The summed E-state index contributed by atoms with van der Waals surface area (Å²) in [5.74, 6) is 2.93. The van der Waals surface area contributed by atoms with Gasteiger partial charge in [0.05, 0.1) is 26.8 Å². The third kappa shape index (κ3) is 3.97. The fraction of sp³-hybridized carbons (Fsp3) is 0.200. The maximum absolute atomic E-state index is 5.50. The first kappa shape index (κ1) is 20.5. The lowest BCUT2D eigenvalue weighted by Crippen LogP contribution is -2.01. The molecule has 4 rings (SSSR count). The monoisotopic (exact) mass is 415 g/mol. The second-order valence-electron chi connectivity index (χ2n) is 7.25. The van der Waals surface area contributed by atoms with Crippen molar-refractivity contribution >= 4 is 22.4 Å². The molecule has 0 bridgehead atoms. The van der Waals surface area contributed by atoms with Gasteiger partial charge in [-0.1, -0.05) is 18.2 Å². The molecule has 0 saturated heterocycles. The van der Waals surface area contributed by atoms with E-state index in [1.807, 2.05) is 36.4 Å². The Hall–Kier alpha value is -3.80. The van der Waals surface area contributed by atoms with Crippen LogP contribution in [-0.4, -0.2) is 31.3 Å². The van der Waals surface area contributed by atoms with Crippen LogP contribution in [0.5, 0.6) is 17.2 Å². The Labute approximate surface area is 181 Å². The molecule has 3 aromatic carbocycles. The molecule has 0 atom stereocenters. The highest BCUT2D eigenvalue weighted by Gasteiger charge is 2.17. The molecule has 0 saturated carbocycles. The van der Waals surface area contributed by atoms with E-state index in [0.717, 1.165) is 28.0 Å². The summed E-state index contributed by atoms with van der Waals surface area (Å²) >= 11 is 0. The number of rotatable bonds is 6. The zero-order chi connectivity index (χ0) is 22.0. The zero-order valence-electron chi connectivity index (χ0n) is 18.3. The van der Waals surface area contributed by atoms with Gasteiger partial charge in [0.25, 0.3) is 0 Å². The number of nitrogens with one attached hydrogen (secondary N) is 1. The van der Waals surface area contributed by atoms with E-state index in [-0.39, 0.29) is 0 Å². The maximum Gasteiger partial charge on any atom is 0.203 e. The third-order valence-electron chi connectivity index (χ3n) is 5.30. The topological polar surface area (TPSA) is 65.5 Å². The summed E-state index contributed by atoms with van der Waals surface area (Å²) in [6, 6.07) is 17.9. The van der Waals surface area contributed by atoms with Crippen LogP contribution in [0.1, 0.15) is 11.1 Å². The van der Waals surface area contributed by atoms with Gasteiger partial charge in [0.1, 0.15) is 5.82 Å². The maximum atomic E-state index is 5.50. The lowest BCUT2D eigenvalue weighted by Gasteiger charge is -2.15. The Bertz CT molecular complexity index is 1230. The summed E-state index contributed by atoms with van der Waals surface area (Å²) in [6.07, 6.45) is 0. The van der Waals surface area contributed by atoms with Gasteiger partial charge in [-0.3, -0.25) is 0 Å². The Morgan fingerprint density at radius 3 is 2.10 bits per heavy atom. The van der Waals surface area contributed by atoms with Gasteiger partial charge in [-0.05, 0) is 61.4 Å². The van der Waals surface area contributed by atoms with Crippen LogP contribution in [0.15, 0.2) is 54.6 Å². The largest absolute Gasteiger partial charge is 0.493 e. The van der Waals surface area contributed by atoms with Crippen molar-refractivity contribution < 1.29 is 14.2 Å². The molecule has 0 radical (unpaired) electrons. The van der Waals surface area contributed by atoms with E-state index >= 15 is 0 Å². The van der Waals surface area contributed by atoms with E-state index < -0.39 is 0 Å². The van der Waals surface area contributed by atoms with Gasteiger partial charge in [-0.25, -0.2) is 9.97 Å². The van der Waals surface area contributed by atoms with Crippen LogP contribution in [0.25, 0.3) is 22.3 Å². The number of fused-ring (bicyclic) bond motifs is 1. The van der Waals surface area contributed by atoms with Gasteiger partial charge < -0.3 is 19.5 Å². The van der Waals surface area contributed by atoms with Gasteiger partial charge in [0, 0.05) is 16.6 Å². The van der Waals surface area contributed by atoms with Crippen molar-refractivity contribution in [1.29, 1.82) is 0 Å². The van der Waals surface area contributed by atoms with Crippen LogP contribution in [0.3, 0.4) is 0 Å². The molecular formula is C25H25N3O3. The van der Waals surface area contributed by atoms with Crippen molar-refractivity contribution in [3.63, 3.8) is 0 Å². The lowest BCUT2D eigenvalue weighted by molar-refractivity contribution is 0.324. The number of para-hydroxylation sites is 1. The van der Waals surface area contributed by atoms with E-state index in [1.54, 1.807) is 21.3 Å². The van der Waals surface area contributed by atoms with Crippen molar-refractivity contribution in [3.8, 4) is 28.6 Å². The molecule has 6 heteroatoms. The molecule has 0 aliphatic rings. The summed E-state index contributed by atoms with van der Waals surface area (Å²) in [7, 11) is 4.77. The number of aromatic nitrogens is 2. The molecule has 0 aliphatic heterocycles. The average Bonchev–Trinajstić information content (AvgIpc) is 2.80. The fourth-order valence-corrected chi connectivity index (χ4v) is 3.47. The molecule has 1 heterocycles. The number of anilines is 2. The van der Waals surface area contributed by atoms with Crippen molar-refractivity contribution in [2.75, 3.05) is 26.6 Å². The molecule has 0 aliphatic carbocycles. The molecule has 0 amide bonds. The quantitative estimate of drug-likeness (QED) is 0.437. The second kappa shape index (κ2) is 8.52. The van der Waals surface area contributed by atoms with Crippen molar-refractivity contribution in [1.82, 2.24) is 9.97 Å². The average molecular weight is 415 g/mol. The van der Waals surface area contributed by atoms with Gasteiger partial charge >= 0.3 is 0 Å². The summed E-state index contributed by atoms with van der Waals surface area (Å²) in [5, 5.41) is 4.41. The van der Waals surface area contributed by atoms with Gasteiger partial charge in [0.15, 0.2) is 17.3 Å². The number of hydrogen-bond acceptors (Lipinski definition) is 6. The number of aryl methyl sites for hydroxylation is 2. The standard InChI is InChI=1S/C25H25N3O3/c1-15-10-11-18(12-16(15)2)26-25-19-8-6-7-9-20(19)27-24(28-25)17-13-21(29-3)23(31-5)22(14-17)30-4/h6-14H,1-5H3,(H,26,27,28). The molecule has 0 fully saturated rings. The van der Waals surface area contributed by atoms with Gasteiger partial charge in [0.2, 0.25) is 5.75 Å². The summed E-state index contributed by atoms with van der Waals surface area (Å²) < 4.78 is 16.4. The molecule has 1 N–H and O–H groups in total. The highest BCUT2D eigenvalue weighted by molar-refractivity contribution is 5.92. The van der Waals surface area contributed by atoms with Crippen molar-refractivity contribution in [3.05, 3.63) is 65.7 Å². The smallest absolute Gasteiger partial charge is 0.203 e. The Balaban J connectivity index is 1.87. The van der Waals surface area contributed by atoms with E-state index in [4.69, 9.17) is 24.2 Å². The van der Waals surface area contributed by atoms with Crippen LogP contribution in [-0.2, 0) is 0 Å². The van der Waals surface area contributed by atoms with Crippen LogP contribution in [0.4, 0.5) is 11.5 Å². The summed E-state index contributed by atoms with van der Waals surface area (Å²) in [6.45, 7) is 4.20. The predicted octanol–water partition coefficient (Wildman–Crippen LogP) is 5.68. The van der Waals surface area contributed by atoms with Crippen LogP contribution >= 0.6 is 0 Å². The van der Waals surface area contributed by atoms with Crippen molar-refractivity contribution in [2.24, 2.45) is 0 Å². The number of hydrogen-bond donors (Lipinski definition) is 1. The fourth-order valence-electron chi connectivity index (χ4n) is 3.47. The Kier molecular flexibility index (Phi) is 5.62. The Morgan fingerprint density at radius 2 is 1.45 bits per heavy atom. The van der Waals surface area contributed by atoms with E-state index in [9.17, 15) is 0 Å². The third-order valence-corrected chi connectivity index (χ3v) is 5.30. The summed E-state index contributed by atoms with van der Waals surface area (Å²) in [4.78, 5) is 9.63. The Morgan fingerprint density at radius 1 is 0.742 bits per heavy atom. The highest BCUT2D eigenvalue weighted by Crippen LogP contribution is 2.41. The highest BCUT2D eigenvalue weighted by atomic mass is 16.5. The first-order chi connectivity index (χ1) is 15.0. The van der Waals surface area contributed by atoms with Crippen LogP contribution < -0.4 is 19.5 Å². The molecular weight excluding hydrogens is 390 g/mol. The minimum atomic E-state index is 0.531. The predicted molar refractivity (Wildman–Crippen MR) is 124 cm³/mol. The molecule has 0 unspecified atom stereocenters. The number of methoxy groups -OCH3 is 3.